The van der Waals surface area contributed by atoms with Crippen molar-refractivity contribution in [2.45, 2.75) is 18.6 Å². The fourth-order valence-electron chi connectivity index (χ4n) is 1.76. The summed E-state index contributed by atoms with van der Waals surface area (Å²) < 4.78 is 0. The molecule has 5 heteroatoms. The number of carboxylic acids is 1. The first-order valence-corrected chi connectivity index (χ1v) is 5.23. The molecule has 90 valence electrons. The van der Waals surface area contributed by atoms with Crippen molar-refractivity contribution in [3.8, 4) is 0 Å². The number of hydrogen-bond donors (Lipinski definition) is 4. The highest BCUT2D eigenvalue weighted by Gasteiger charge is 2.21. The normalized spacial score (nSPS) is 14.7. The van der Waals surface area contributed by atoms with Gasteiger partial charge in [0.1, 0.15) is 6.10 Å². The summed E-state index contributed by atoms with van der Waals surface area (Å²) in [5.74, 6) is -1.14. The SMILES string of the molecule is O=C(O)CC(O)C(O)c1ccc2cc[nH]c2c1. The van der Waals surface area contributed by atoms with Gasteiger partial charge in [-0.05, 0) is 23.1 Å². The molecule has 0 amide bonds. The average molecular weight is 235 g/mol. The number of H-pyrrole nitrogens is 1. The highest BCUT2D eigenvalue weighted by atomic mass is 16.4. The van der Waals surface area contributed by atoms with Crippen molar-refractivity contribution in [3.63, 3.8) is 0 Å². The minimum atomic E-state index is -1.31. The highest BCUT2D eigenvalue weighted by molar-refractivity contribution is 5.80. The predicted octanol–water partition coefficient (Wildman–Crippen LogP) is 1.04. The number of aliphatic hydroxyl groups is 2. The molecular weight excluding hydrogens is 222 g/mol. The maximum atomic E-state index is 10.4. The molecule has 1 aromatic carbocycles. The van der Waals surface area contributed by atoms with E-state index in [1.54, 1.807) is 24.4 Å². The van der Waals surface area contributed by atoms with E-state index in [-0.39, 0.29) is 0 Å². The monoisotopic (exact) mass is 235 g/mol. The van der Waals surface area contributed by atoms with Crippen LogP contribution in [0.25, 0.3) is 10.9 Å². The first-order chi connectivity index (χ1) is 8.08. The topological polar surface area (TPSA) is 93.6 Å². The molecule has 0 saturated carbocycles. The molecule has 4 N–H and O–H groups in total. The Bertz CT molecular complexity index is 534. The third-order valence-corrected chi connectivity index (χ3v) is 2.67. The maximum Gasteiger partial charge on any atom is 0.306 e. The molecular formula is C12H13NO4. The Morgan fingerprint density at radius 1 is 1.29 bits per heavy atom. The van der Waals surface area contributed by atoms with Gasteiger partial charge >= 0.3 is 5.97 Å². The van der Waals surface area contributed by atoms with Gasteiger partial charge in [-0.15, -0.1) is 0 Å². The smallest absolute Gasteiger partial charge is 0.306 e. The first kappa shape index (κ1) is 11.6. The second-order valence-corrected chi connectivity index (χ2v) is 3.93. The molecule has 0 saturated heterocycles. The largest absolute Gasteiger partial charge is 0.481 e. The predicted molar refractivity (Wildman–Crippen MR) is 61.5 cm³/mol. The molecule has 1 heterocycles. The van der Waals surface area contributed by atoms with Gasteiger partial charge in [0.2, 0.25) is 0 Å². The summed E-state index contributed by atoms with van der Waals surface area (Å²) in [6.07, 6.45) is -1.21. The minimum absolute atomic E-state index is 0.482. The molecule has 0 aliphatic carbocycles. The lowest BCUT2D eigenvalue weighted by Gasteiger charge is -2.16. The third-order valence-electron chi connectivity index (χ3n) is 2.67. The maximum absolute atomic E-state index is 10.4. The highest BCUT2D eigenvalue weighted by Crippen LogP contribution is 2.23. The lowest BCUT2D eigenvalue weighted by molar-refractivity contribution is -0.141. The van der Waals surface area contributed by atoms with Gasteiger partial charge in [0.25, 0.3) is 0 Å². The number of carbonyl (C=O) groups is 1. The molecule has 1 aromatic heterocycles. The Labute approximate surface area is 97.3 Å². The van der Waals surface area contributed by atoms with Gasteiger partial charge in [-0.1, -0.05) is 12.1 Å². The summed E-state index contributed by atoms with van der Waals surface area (Å²) >= 11 is 0. The van der Waals surface area contributed by atoms with Crippen molar-refractivity contribution in [3.05, 3.63) is 36.0 Å². The van der Waals surface area contributed by atoms with Gasteiger partial charge in [0.05, 0.1) is 12.5 Å². The van der Waals surface area contributed by atoms with Crippen LogP contribution in [-0.2, 0) is 4.79 Å². The number of fused-ring (bicyclic) bond motifs is 1. The zero-order valence-electron chi connectivity index (χ0n) is 9.00. The number of benzene rings is 1. The van der Waals surface area contributed by atoms with Gasteiger partial charge in [-0.25, -0.2) is 0 Å². The van der Waals surface area contributed by atoms with Crippen LogP contribution in [0.5, 0.6) is 0 Å². The Morgan fingerprint density at radius 3 is 2.76 bits per heavy atom. The van der Waals surface area contributed by atoms with Crippen LogP contribution < -0.4 is 0 Å². The lowest BCUT2D eigenvalue weighted by atomic mass is 10.0. The zero-order valence-corrected chi connectivity index (χ0v) is 9.00. The van der Waals surface area contributed by atoms with Crippen LogP contribution >= 0.6 is 0 Å². The third kappa shape index (κ3) is 2.46. The number of rotatable bonds is 4. The van der Waals surface area contributed by atoms with E-state index >= 15 is 0 Å². The van der Waals surface area contributed by atoms with Crippen LogP contribution in [0.4, 0.5) is 0 Å². The number of nitrogens with one attached hydrogen (secondary N) is 1. The van der Waals surface area contributed by atoms with E-state index in [1.807, 2.05) is 6.07 Å². The molecule has 2 atom stereocenters. The summed E-state index contributed by atoms with van der Waals surface area (Å²) in [6, 6.07) is 7.06. The van der Waals surface area contributed by atoms with Gasteiger partial charge in [0.15, 0.2) is 0 Å². The fraction of sp³-hybridized carbons (Fsp3) is 0.250. The van der Waals surface area contributed by atoms with Gasteiger partial charge < -0.3 is 20.3 Å². The molecule has 0 spiro atoms. The molecule has 0 aliphatic rings. The average Bonchev–Trinajstić information content (AvgIpc) is 2.73. The number of hydrogen-bond acceptors (Lipinski definition) is 3. The molecule has 5 nitrogen and oxygen atoms in total. The second-order valence-electron chi connectivity index (χ2n) is 3.93. The Hall–Kier alpha value is -1.85. The van der Waals surface area contributed by atoms with Crippen molar-refractivity contribution in [1.82, 2.24) is 4.98 Å². The molecule has 0 bridgehead atoms. The standard InChI is InChI=1S/C12H13NO4/c14-10(6-11(15)16)12(17)8-2-1-7-3-4-13-9(7)5-8/h1-5,10,12-14,17H,6H2,(H,15,16). The van der Waals surface area contributed by atoms with Gasteiger partial charge in [-0.2, -0.15) is 0 Å². The fourth-order valence-corrected chi connectivity index (χ4v) is 1.76. The van der Waals surface area contributed by atoms with Crippen molar-refractivity contribution < 1.29 is 20.1 Å². The van der Waals surface area contributed by atoms with E-state index in [2.05, 4.69) is 4.98 Å². The Balaban J connectivity index is 2.23. The van der Waals surface area contributed by atoms with Crippen molar-refractivity contribution in [2.75, 3.05) is 0 Å². The molecule has 2 rings (SSSR count). The van der Waals surface area contributed by atoms with Crippen LogP contribution in [0, 0.1) is 0 Å². The molecule has 2 unspecified atom stereocenters. The number of aromatic nitrogens is 1. The van der Waals surface area contributed by atoms with Crippen LogP contribution in [0.1, 0.15) is 18.1 Å². The van der Waals surface area contributed by atoms with Gasteiger partial charge in [0, 0.05) is 11.7 Å². The van der Waals surface area contributed by atoms with E-state index in [0.717, 1.165) is 10.9 Å². The van der Waals surface area contributed by atoms with E-state index in [4.69, 9.17) is 5.11 Å². The minimum Gasteiger partial charge on any atom is -0.481 e. The van der Waals surface area contributed by atoms with E-state index in [9.17, 15) is 15.0 Å². The number of carboxylic acid groups (broad SMARTS) is 1. The van der Waals surface area contributed by atoms with E-state index < -0.39 is 24.6 Å². The van der Waals surface area contributed by atoms with Crippen molar-refractivity contribution in [2.24, 2.45) is 0 Å². The summed E-state index contributed by atoms with van der Waals surface area (Å²) in [6.45, 7) is 0. The number of aliphatic carboxylic acids is 1. The summed E-state index contributed by atoms with van der Waals surface area (Å²) in [4.78, 5) is 13.4. The lowest BCUT2D eigenvalue weighted by Crippen LogP contribution is -2.21. The van der Waals surface area contributed by atoms with Crippen LogP contribution in [0.15, 0.2) is 30.5 Å². The van der Waals surface area contributed by atoms with Crippen LogP contribution in [0.3, 0.4) is 0 Å². The van der Waals surface area contributed by atoms with Crippen molar-refractivity contribution in [1.29, 1.82) is 0 Å². The van der Waals surface area contributed by atoms with E-state index in [0.29, 0.717) is 5.56 Å². The quantitative estimate of drug-likeness (QED) is 0.637. The van der Waals surface area contributed by atoms with E-state index in [1.165, 1.54) is 0 Å². The number of aromatic amines is 1. The molecule has 2 aromatic rings. The molecule has 0 fully saturated rings. The Kier molecular flexibility index (Phi) is 3.12. The van der Waals surface area contributed by atoms with Crippen LogP contribution in [-0.4, -0.2) is 32.4 Å². The molecule has 0 aliphatic heterocycles. The zero-order chi connectivity index (χ0) is 12.4. The van der Waals surface area contributed by atoms with Gasteiger partial charge in [-0.3, -0.25) is 4.79 Å². The summed E-state index contributed by atoms with van der Waals surface area (Å²) in [7, 11) is 0. The number of aliphatic hydroxyl groups excluding tert-OH is 2. The van der Waals surface area contributed by atoms with Crippen molar-refractivity contribution >= 4 is 16.9 Å². The first-order valence-electron chi connectivity index (χ1n) is 5.23. The molecule has 0 radical (unpaired) electrons. The summed E-state index contributed by atoms with van der Waals surface area (Å²) in [5, 5.41) is 28.9. The summed E-state index contributed by atoms with van der Waals surface area (Å²) in [5.41, 5.74) is 1.33. The van der Waals surface area contributed by atoms with Crippen LogP contribution in [0.2, 0.25) is 0 Å². The second kappa shape index (κ2) is 4.57. The Morgan fingerprint density at radius 2 is 2.06 bits per heavy atom. The molecule has 17 heavy (non-hydrogen) atoms.